The SMILES string of the molecule is C=C1CC(CCC(C)n2ccc3c(N)ncnc32)C1.CC(C)(O)O. The minimum absolute atomic E-state index is 0.445. The molecule has 3 rings (SSSR count). The number of nitrogens with zero attached hydrogens (tertiary/aromatic N) is 3. The van der Waals surface area contributed by atoms with Crippen LogP contribution in [0.2, 0.25) is 0 Å². The molecule has 1 aliphatic carbocycles. The molecular formula is C18H28N4O2. The fourth-order valence-electron chi connectivity index (χ4n) is 2.92. The Hall–Kier alpha value is -1.92. The largest absolute Gasteiger partial charge is 0.383 e. The molecule has 2 heterocycles. The van der Waals surface area contributed by atoms with Gasteiger partial charge >= 0.3 is 0 Å². The second-order valence-corrected chi connectivity index (χ2v) is 7.16. The van der Waals surface area contributed by atoms with Gasteiger partial charge in [0.2, 0.25) is 0 Å². The summed E-state index contributed by atoms with van der Waals surface area (Å²) in [6, 6.07) is 2.45. The summed E-state index contributed by atoms with van der Waals surface area (Å²) in [5, 5.41) is 17.1. The first kappa shape index (κ1) is 18.4. The number of aliphatic hydroxyl groups is 2. The number of hydrogen-bond donors (Lipinski definition) is 3. The maximum absolute atomic E-state index is 8.08. The zero-order chi connectivity index (χ0) is 17.9. The predicted octanol–water partition coefficient (Wildman–Crippen LogP) is 3.03. The summed E-state index contributed by atoms with van der Waals surface area (Å²) in [7, 11) is 0. The third-order valence-corrected chi connectivity index (χ3v) is 4.16. The lowest BCUT2D eigenvalue weighted by molar-refractivity contribution is -0.127. The van der Waals surface area contributed by atoms with Gasteiger partial charge in [0.1, 0.15) is 17.8 Å². The van der Waals surface area contributed by atoms with E-state index in [2.05, 4.69) is 34.2 Å². The van der Waals surface area contributed by atoms with E-state index in [1.165, 1.54) is 51.4 Å². The van der Waals surface area contributed by atoms with Crippen molar-refractivity contribution in [1.82, 2.24) is 14.5 Å². The van der Waals surface area contributed by atoms with Crippen molar-refractivity contribution in [2.75, 3.05) is 5.73 Å². The monoisotopic (exact) mass is 332 g/mol. The van der Waals surface area contributed by atoms with Gasteiger partial charge in [-0.15, -0.1) is 0 Å². The Labute approximate surface area is 143 Å². The lowest BCUT2D eigenvalue weighted by Gasteiger charge is -2.29. The molecule has 4 N–H and O–H groups in total. The molecule has 2 aromatic rings. The normalized spacial score (nSPS) is 16.5. The van der Waals surface area contributed by atoms with E-state index in [0.717, 1.165) is 17.0 Å². The third-order valence-electron chi connectivity index (χ3n) is 4.16. The number of allylic oxidation sites excluding steroid dienone is 1. The van der Waals surface area contributed by atoms with Crippen LogP contribution in [-0.2, 0) is 0 Å². The molecule has 132 valence electrons. The molecule has 0 aromatic carbocycles. The summed E-state index contributed by atoms with van der Waals surface area (Å²) in [5.74, 6) is -0.0947. The number of fused-ring (bicyclic) bond motifs is 1. The number of hydrogen-bond acceptors (Lipinski definition) is 5. The number of aromatic nitrogens is 3. The zero-order valence-corrected chi connectivity index (χ0v) is 14.7. The second-order valence-electron chi connectivity index (χ2n) is 7.16. The van der Waals surface area contributed by atoms with Crippen molar-refractivity contribution in [3.05, 3.63) is 30.7 Å². The van der Waals surface area contributed by atoms with Crippen LogP contribution in [0.25, 0.3) is 11.0 Å². The average Bonchev–Trinajstić information content (AvgIpc) is 2.85. The van der Waals surface area contributed by atoms with Crippen molar-refractivity contribution >= 4 is 16.9 Å². The Kier molecular flexibility index (Phi) is 5.62. The lowest BCUT2D eigenvalue weighted by Crippen LogP contribution is -2.15. The molecule has 1 saturated carbocycles. The number of nitrogens with two attached hydrogens (primary N) is 1. The minimum atomic E-state index is -1.50. The molecule has 6 heteroatoms. The highest BCUT2D eigenvalue weighted by atomic mass is 16.5. The van der Waals surface area contributed by atoms with Crippen LogP contribution in [0.4, 0.5) is 5.82 Å². The van der Waals surface area contributed by atoms with Gasteiger partial charge in [-0.1, -0.05) is 12.2 Å². The average molecular weight is 332 g/mol. The van der Waals surface area contributed by atoms with Gasteiger partial charge in [0.25, 0.3) is 0 Å². The van der Waals surface area contributed by atoms with Crippen molar-refractivity contribution in [2.24, 2.45) is 5.92 Å². The molecule has 0 aliphatic heterocycles. The molecular weight excluding hydrogens is 304 g/mol. The minimum Gasteiger partial charge on any atom is -0.383 e. The maximum atomic E-state index is 8.08. The smallest absolute Gasteiger partial charge is 0.156 e. The zero-order valence-electron chi connectivity index (χ0n) is 14.7. The van der Waals surface area contributed by atoms with Gasteiger partial charge in [-0.2, -0.15) is 0 Å². The predicted molar refractivity (Wildman–Crippen MR) is 96.3 cm³/mol. The van der Waals surface area contributed by atoms with Crippen molar-refractivity contribution < 1.29 is 10.2 Å². The Bertz CT molecular complexity index is 689. The van der Waals surface area contributed by atoms with E-state index in [0.29, 0.717) is 11.9 Å². The van der Waals surface area contributed by atoms with Gasteiger partial charge in [0.15, 0.2) is 5.79 Å². The highest BCUT2D eigenvalue weighted by Crippen LogP contribution is 2.36. The molecule has 0 bridgehead atoms. The summed E-state index contributed by atoms with van der Waals surface area (Å²) in [6.45, 7) is 8.84. The molecule has 6 nitrogen and oxygen atoms in total. The van der Waals surface area contributed by atoms with Gasteiger partial charge in [-0.3, -0.25) is 0 Å². The molecule has 1 aliphatic rings. The van der Waals surface area contributed by atoms with Crippen LogP contribution in [0.3, 0.4) is 0 Å². The molecule has 1 unspecified atom stereocenters. The first-order chi connectivity index (χ1) is 11.1. The van der Waals surface area contributed by atoms with E-state index in [4.69, 9.17) is 15.9 Å². The Morgan fingerprint density at radius 3 is 2.58 bits per heavy atom. The molecule has 0 saturated heterocycles. The Balaban J connectivity index is 0.000000368. The van der Waals surface area contributed by atoms with Crippen LogP contribution in [0.5, 0.6) is 0 Å². The van der Waals surface area contributed by atoms with Crippen molar-refractivity contribution in [1.29, 1.82) is 0 Å². The topological polar surface area (TPSA) is 97.2 Å². The van der Waals surface area contributed by atoms with Crippen molar-refractivity contribution in [2.45, 2.75) is 58.3 Å². The fourth-order valence-corrected chi connectivity index (χ4v) is 2.92. The summed E-state index contributed by atoms with van der Waals surface area (Å²) in [6.07, 6.45) is 8.48. The summed E-state index contributed by atoms with van der Waals surface area (Å²) in [5.41, 5.74) is 8.21. The number of rotatable bonds is 4. The fraction of sp³-hybridized carbons (Fsp3) is 0.556. The molecule has 0 amide bonds. The third kappa shape index (κ3) is 5.04. The Morgan fingerprint density at radius 2 is 2.00 bits per heavy atom. The van der Waals surface area contributed by atoms with Gasteiger partial charge in [-0.25, -0.2) is 9.97 Å². The van der Waals surface area contributed by atoms with Crippen LogP contribution in [0.15, 0.2) is 30.7 Å². The van der Waals surface area contributed by atoms with Crippen LogP contribution in [0, 0.1) is 5.92 Å². The van der Waals surface area contributed by atoms with E-state index in [9.17, 15) is 0 Å². The van der Waals surface area contributed by atoms with Gasteiger partial charge < -0.3 is 20.5 Å². The number of nitrogen functional groups attached to an aromatic ring is 1. The highest BCUT2D eigenvalue weighted by Gasteiger charge is 2.22. The number of anilines is 1. The van der Waals surface area contributed by atoms with Gasteiger partial charge in [0.05, 0.1) is 5.39 Å². The highest BCUT2D eigenvalue weighted by molar-refractivity contribution is 5.86. The molecule has 0 spiro atoms. The van der Waals surface area contributed by atoms with E-state index in [-0.39, 0.29) is 0 Å². The van der Waals surface area contributed by atoms with Crippen LogP contribution >= 0.6 is 0 Å². The molecule has 1 atom stereocenters. The molecule has 1 fully saturated rings. The summed E-state index contributed by atoms with van der Waals surface area (Å²) < 4.78 is 2.21. The first-order valence-electron chi connectivity index (χ1n) is 8.33. The standard InChI is InChI=1S/C15H20N4.C3H8O2/c1-10-7-12(8-10)4-3-11(2)19-6-5-13-14(16)17-9-18-15(13)19;1-3(2,4)5/h5-6,9,11-12H,1,3-4,7-8H2,2H3,(H2,16,17,18);4-5H,1-2H3. The summed E-state index contributed by atoms with van der Waals surface area (Å²) >= 11 is 0. The van der Waals surface area contributed by atoms with E-state index >= 15 is 0 Å². The maximum Gasteiger partial charge on any atom is 0.156 e. The van der Waals surface area contributed by atoms with Gasteiger partial charge in [0, 0.05) is 12.2 Å². The van der Waals surface area contributed by atoms with Crippen molar-refractivity contribution in [3.8, 4) is 0 Å². The van der Waals surface area contributed by atoms with E-state index in [1.54, 1.807) is 0 Å². The quantitative estimate of drug-likeness (QED) is 0.590. The van der Waals surface area contributed by atoms with Crippen LogP contribution in [-0.4, -0.2) is 30.5 Å². The second kappa shape index (κ2) is 7.32. The van der Waals surface area contributed by atoms with Crippen molar-refractivity contribution in [3.63, 3.8) is 0 Å². The first-order valence-corrected chi connectivity index (χ1v) is 8.33. The van der Waals surface area contributed by atoms with Gasteiger partial charge in [-0.05, 0) is 58.4 Å². The molecule has 2 aromatic heterocycles. The van der Waals surface area contributed by atoms with E-state index in [1.807, 2.05) is 6.07 Å². The van der Waals surface area contributed by atoms with E-state index < -0.39 is 5.79 Å². The van der Waals surface area contributed by atoms with Crippen LogP contribution < -0.4 is 5.73 Å². The summed E-state index contributed by atoms with van der Waals surface area (Å²) in [4.78, 5) is 8.38. The molecule has 0 radical (unpaired) electrons. The Morgan fingerprint density at radius 1 is 1.38 bits per heavy atom. The molecule has 24 heavy (non-hydrogen) atoms. The lowest BCUT2D eigenvalue weighted by atomic mass is 9.78. The van der Waals surface area contributed by atoms with Crippen LogP contribution in [0.1, 0.15) is 52.5 Å².